The molecule has 0 aliphatic heterocycles. The molecule has 2 aromatic carbocycles. The van der Waals surface area contributed by atoms with E-state index in [0.29, 0.717) is 6.61 Å². The first-order valence-electron chi connectivity index (χ1n) is 7.23. The first-order chi connectivity index (χ1) is 10.3. The summed E-state index contributed by atoms with van der Waals surface area (Å²) in [6, 6.07) is 16.5. The summed E-state index contributed by atoms with van der Waals surface area (Å²) in [6.45, 7) is 2.43. The lowest BCUT2D eigenvalue weighted by atomic mass is 10.1. The van der Waals surface area contributed by atoms with Gasteiger partial charge in [-0.05, 0) is 35.7 Å². The molecular formula is C18H23NO2. The van der Waals surface area contributed by atoms with E-state index in [1.807, 2.05) is 24.3 Å². The SMILES string of the molecule is COCc1ccccc1CNCCc1ccccc1OC. The Bertz CT molecular complexity index is 554. The minimum absolute atomic E-state index is 0.657. The Hall–Kier alpha value is -1.84. The fraction of sp³-hybridized carbons (Fsp3) is 0.333. The molecule has 2 rings (SSSR count). The van der Waals surface area contributed by atoms with E-state index >= 15 is 0 Å². The second-order valence-corrected chi connectivity index (χ2v) is 4.94. The predicted octanol–water partition coefficient (Wildman–Crippen LogP) is 3.17. The van der Waals surface area contributed by atoms with Gasteiger partial charge >= 0.3 is 0 Å². The molecule has 0 bridgehead atoms. The fourth-order valence-corrected chi connectivity index (χ4v) is 2.38. The van der Waals surface area contributed by atoms with Crippen molar-refractivity contribution in [3.63, 3.8) is 0 Å². The molecule has 0 aliphatic rings. The number of nitrogens with one attached hydrogen (secondary N) is 1. The van der Waals surface area contributed by atoms with Crippen molar-refractivity contribution in [2.45, 2.75) is 19.6 Å². The van der Waals surface area contributed by atoms with E-state index in [0.717, 1.165) is 25.3 Å². The molecule has 0 fully saturated rings. The van der Waals surface area contributed by atoms with Gasteiger partial charge in [0.2, 0.25) is 0 Å². The molecule has 0 unspecified atom stereocenters. The molecule has 3 nitrogen and oxygen atoms in total. The first-order valence-corrected chi connectivity index (χ1v) is 7.23. The van der Waals surface area contributed by atoms with Crippen molar-refractivity contribution >= 4 is 0 Å². The molecule has 0 radical (unpaired) electrons. The molecule has 112 valence electrons. The topological polar surface area (TPSA) is 30.5 Å². The van der Waals surface area contributed by atoms with Crippen molar-refractivity contribution in [2.75, 3.05) is 20.8 Å². The average molecular weight is 285 g/mol. The van der Waals surface area contributed by atoms with Gasteiger partial charge in [-0.3, -0.25) is 0 Å². The first kappa shape index (κ1) is 15.5. The van der Waals surface area contributed by atoms with E-state index in [1.165, 1.54) is 16.7 Å². The molecule has 2 aromatic rings. The van der Waals surface area contributed by atoms with Crippen LogP contribution in [0.25, 0.3) is 0 Å². The maximum Gasteiger partial charge on any atom is 0.122 e. The highest BCUT2D eigenvalue weighted by Gasteiger charge is 2.03. The van der Waals surface area contributed by atoms with E-state index in [-0.39, 0.29) is 0 Å². The quantitative estimate of drug-likeness (QED) is 0.756. The summed E-state index contributed by atoms with van der Waals surface area (Å²) in [7, 11) is 3.44. The third kappa shape index (κ3) is 4.59. The van der Waals surface area contributed by atoms with Crippen LogP contribution < -0.4 is 10.1 Å². The van der Waals surface area contributed by atoms with Crippen LogP contribution in [-0.4, -0.2) is 20.8 Å². The summed E-state index contributed by atoms with van der Waals surface area (Å²) in [5.41, 5.74) is 3.77. The van der Waals surface area contributed by atoms with E-state index in [4.69, 9.17) is 9.47 Å². The summed E-state index contributed by atoms with van der Waals surface area (Å²) in [5.74, 6) is 0.957. The molecule has 0 saturated heterocycles. The lowest BCUT2D eigenvalue weighted by molar-refractivity contribution is 0.184. The minimum atomic E-state index is 0.657. The number of hydrogen-bond acceptors (Lipinski definition) is 3. The van der Waals surface area contributed by atoms with Crippen molar-refractivity contribution in [3.8, 4) is 5.75 Å². The van der Waals surface area contributed by atoms with Crippen molar-refractivity contribution in [3.05, 3.63) is 65.2 Å². The summed E-state index contributed by atoms with van der Waals surface area (Å²) >= 11 is 0. The zero-order valence-electron chi connectivity index (χ0n) is 12.8. The van der Waals surface area contributed by atoms with Crippen molar-refractivity contribution in [2.24, 2.45) is 0 Å². The third-order valence-corrected chi connectivity index (χ3v) is 3.50. The number of methoxy groups -OCH3 is 2. The molecule has 0 saturated carbocycles. The average Bonchev–Trinajstić information content (AvgIpc) is 2.53. The standard InChI is InChI=1S/C18H23NO2/c1-20-14-17-9-4-3-8-16(17)13-19-12-11-15-7-5-6-10-18(15)21-2/h3-10,19H,11-14H2,1-2H3. The molecule has 21 heavy (non-hydrogen) atoms. The molecule has 0 aliphatic carbocycles. The Balaban J connectivity index is 1.85. The van der Waals surface area contributed by atoms with Crippen LogP contribution in [0.3, 0.4) is 0 Å². The van der Waals surface area contributed by atoms with Crippen molar-refractivity contribution in [1.29, 1.82) is 0 Å². The Morgan fingerprint density at radius 2 is 1.52 bits per heavy atom. The zero-order chi connectivity index (χ0) is 14.9. The van der Waals surface area contributed by atoms with Gasteiger partial charge in [0, 0.05) is 13.7 Å². The minimum Gasteiger partial charge on any atom is -0.496 e. The Labute approximate surface area is 126 Å². The number of para-hydroxylation sites is 1. The number of hydrogen-bond donors (Lipinski definition) is 1. The molecule has 0 atom stereocenters. The lowest BCUT2D eigenvalue weighted by Crippen LogP contribution is -2.18. The summed E-state index contributed by atoms with van der Waals surface area (Å²) in [5, 5.41) is 3.49. The number of benzene rings is 2. The number of ether oxygens (including phenoxy) is 2. The maximum absolute atomic E-state index is 5.37. The van der Waals surface area contributed by atoms with Crippen molar-refractivity contribution in [1.82, 2.24) is 5.32 Å². The second kappa shape index (κ2) is 8.45. The predicted molar refractivity (Wildman–Crippen MR) is 85.6 cm³/mol. The van der Waals surface area contributed by atoms with Gasteiger partial charge in [-0.2, -0.15) is 0 Å². The molecule has 0 heterocycles. The highest BCUT2D eigenvalue weighted by molar-refractivity contribution is 5.33. The second-order valence-electron chi connectivity index (χ2n) is 4.94. The van der Waals surface area contributed by atoms with E-state index < -0.39 is 0 Å². The van der Waals surface area contributed by atoms with Crippen LogP contribution >= 0.6 is 0 Å². The van der Waals surface area contributed by atoms with Crippen LogP contribution in [0.4, 0.5) is 0 Å². The van der Waals surface area contributed by atoms with E-state index in [1.54, 1.807) is 14.2 Å². The largest absolute Gasteiger partial charge is 0.496 e. The summed E-state index contributed by atoms with van der Waals surface area (Å²) < 4.78 is 10.6. The summed E-state index contributed by atoms with van der Waals surface area (Å²) in [4.78, 5) is 0. The molecule has 0 spiro atoms. The highest BCUT2D eigenvalue weighted by atomic mass is 16.5. The lowest BCUT2D eigenvalue weighted by Gasteiger charge is -2.11. The van der Waals surface area contributed by atoms with E-state index in [9.17, 15) is 0 Å². The molecule has 3 heteroatoms. The van der Waals surface area contributed by atoms with Gasteiger partial charge in [0.15, 0.2) is 0 Å². The zero-order valence-corrected chi connectivity index (χ0v) is 12.8. The Morgan fingerprint density at radius 3 is 2.24 bits per heavy atom. The van der Waals surface area contributed by atoms with Crippen LogP contribution in [0.2, 0.25) is 0 Å². The molecule has 0 amide bonds. The normalized spacial score (nSPS) is 10.6. The van der Waals surface area contributed by atoms with Gasteiger partial charge in [0.25, 0.3) is 0 Å². The Morgan fingerprint density at radius 1 is 0.857 bits per heavy atom. The molecule has 1 N–H and O–H groups in total. The fourth-order valence-electron chi connectivity index (χ4n) is 2.38. The van der Waals surface area contributed by atoms with Crippen LogP contribution in [0.15, 0.2) is 48.5 Å². The van der Waals surface area contributed by atoms with Crippen LogP contribution in [0.5, 0.6) is 5.75 Å². The van der Waals surface area contributed by atoms with Gasteiger partial charge in [0.1, 0.15) is 5.75 Å². The van der Waals surface area contributed by atoms with Gasteiger partial charge in [-0.1, -0.05) is 42.5 Å². The van der Waals surface area contributed by atoms with Crippen LogP contribution in [-0.2, 0) is 24.3 Å². The van der Waals surface area contributed by atoms with Gasteiger partial charge < -0.3 is 14.8 Å². The highest BCUT2D eigenvalue weighted by Crippen LogP contribution is 2.17. The van der Waals surface area contributed by atoms with E-state index in [2.05, 4.69) is 29.6 Å². The maximum atomic E-state index is 5.37. The van der Waals surface area contributed by atoms with Crippen molar-refractivity contribution < 1.29 is 9.47 Å². The third-order valence-electron chi connectivity index (χ3n) is 3.50. The van der Waals surface area contributed by atoms with Crippen LogP contribution in [0, 0.1) is 0 Å². The molecular weight excluding hydrogens is 262 g/mol. The van der Waals surface area contributed by atoms with Gasteiger partial charge in [-0.15, -0.1) is 0 Å². The van der Waals surface area contributed by atoms with Gasteiger partial charge in [-0.25, -0.2) is 0 Å². The van der Waals surface area contributed by atoms with Gasteiger partial charge in [0.05, 0.1) is 13.7 Å². The monoisotopic (exact) mass is 285 g/mol. The Kier molecular flexibility index (Phi) is 6.25. The number of rotatable bonds is 8. The summed E-state index contributed by atoms with van der Waals surface area (Å²) in [6.07, 6.45) is 0.955. The van der Waals surface area contributed by atoms with Crippen LogP contribution in [0.1, 0.15) is 16.7 Å². The molecule has 0 aromatic heterocycles. The smallest absolute Gasteiger partial charge is 0.122 e.